The van der Waals surface area contributed by atoms with E-state index in [-0.39, 0.29) is 11.5 Å². The normalized spacial score (nSPS) is 11.0. The molecule has 3 aromatic heterocycles. The van der Waals surface area contributed by atoms with Gasteiger partial charge in [0, 0.05) is 36.3 Å². The Kier molecular flexibility index (Phi) is 7.01. The van der Waals surface area contributed by atoms with Crippen LogP contribution in [0.1, 0.15) is 17.0 Å². The molecule has 0 saturated heterocycles. The molecule has 0 aliphatic heterocycles. The van der Waals surface area contributed by atoms with Crippen LogP contribution in [0.5, 0.6) is 11.6 Å². The van der Waals surface area contributed by atoms with Gasteiger partial charge in [-0.1, -0.05) is 29.3 Å². The maximum atomic E-state index is 9.62. The second-order valence-corrected chi connectivity index (χ2v) is 6.62. The van der Waals surface area contributed by atoms with Gasteiger partial charge in [-0.3, -0.25) is 9.97 Å². The van der Waals surface area contributed by atoms with Crippen molar-refractivity contribution in [1.29, 1.82) is 5.26 Å². The van der Waals surface area contributed by atoms with Crippen molar-refractivity contribution in [3.63, 3.8) is 0 Å². The summed E-state index contributed by atoms with van der Waals surface area (Å²) in [6, 6.07) is 11.2. The quantitative estimate of drug-likeness (QED) is 0.501. The van der Waals surface area contributed by atoms with E-state index in [4.69, 9.17) is 32.7 Å². The van der Waals surface area contributed by atoms with E-state index in [0.29, 0.717) is 40.1 Å². The van der Waals surface area contributed by atoms with Crippen molar-refractivity contribution >= 4 is 34.9 Å². The van der Waals surface area contributed by atoms with Crippen LogP contribution in [0.4, 0.5) is 0 Å². The lowest BCUT2D eigenvalue weighted by Gasteiger charge is -2.11. The fourth-order valence-corrected chi connectivity index (χ4v) is 2.98. The van der Waals surface area contributed by atoms with Gasteiger partial charge in [0.1, 0.15) is 6.07 Å². The van der Waals surface area contributed by atoms with Gasteiger partial charge in [-0.05, 0) is 30.3 Å². The number of hydrogen-bond donors (Lipinski definition) is 0. The van der Waals surface area contributed by atoms with Crippen LogP contribution in [0.15, 0.2) is 48.9 Å². The predicted molar refractivity (Wildman–Crippen MR) is 112 cm³/mol. The third kappa shape index (κ3) is 5.23. The molecule has 0 aliphatic carbocycles. The summed E-state index contributed by atoms with van der Waals surface area (Å²) >= 11 is 12.3. The van der Waals surface area contributed by atoms with Gasteiger partial charge < -0.3 is 9.47 Å². The monoisotopic (exact) mass is 426 g/mol. The average Bonchev–Trinajstić information content (AvgIpc) is 2.74. The number of halogens is 2. The van der Waals surface area contributed by atoms with Crippen LogP contribution in [0.2, 0.25) is 10.0 Å². The van der Waals surface area contributed by atoms with Crippen LogP contribution in [-0.4, -0.2) is 28.7 Å². The molecule has 0 unspecified atom stereocenters. The van der Waals surface area contributed by atoms with Gasteiger partial charge in [-0.15, -0.1) is 0 Å². The summed E-state index contributed by atoms with van der Waals surface area (Å²) in [6.45, 7) is 0.359. The molecular weight excluding hydrogens is 411 g/mol. The topological polar surface area (TPSA) is 80.9 Å². The lowest BCUT2D eigenvalue weighted by atomic mass is 10.1. The first kappa shape index (κ1) is 20.6. The molecule has 8 heteroatoms. The summed E-state index contributed by atoms with van der Waals surface area (Å²) in [4.78, 5) is 12.6. The minimum absolute atomic E-state index is 0.275. The molecule has 0 saturated carbocycles. The Hall–Kier alpha value is -3.14. The summed E-state index contributed by atoms with van der Waals surface area (Å²) in [5.74, 6) is 0.751. The third-order valence-electron chi connectivity index (χ3n) is 3.94. The summed E-state index contributed by atoms with van der Waals surface area (Å²) in [5.41, 5.74) is 2.08. The van der Waals surface area contributed by atoms with Gasteiger partial charge in [-0.2, -0.15) is 5.26 Å². The van der Waals surface area contributed by atoms with Gasteiger partial charge in [-0.25, -0.2) is 4.98 Å². The van der Waals surface area contributed by atoms with Gasteiger partial charge in [0.15, 0.2) is 5.75 Å². The Morgan fingerprint density at radius 2 is 1.97 bits per heavy atom. The minimum Gasteiger partial charge on any atom is -0.491 e. The van der Waals surface area contributed by atoms with E-state index in [2.05, 4.69) is 21.0 Å². The Morgan fingerprint density at radius 1 is 1.17 bits per heavy atom. The molecule has 0 spiro atoms. The number of hydrogen-bond acceptors (Lipinski definition) is 6. The highest BCUT2D eigenvalue weighted by molar-refractivity contribution is 6.37. The predicted octanol–water partition coefficient (Wildman–Crippen LogP) is 4.87. The molecule has 0 atom stereocenters. The molecule has 3 aromatic rings. The number of pyridine rings is 3. The number of rotatable bonds is 7. The zero-order valence-electron chi connectivity index (χ0n) is 15.5. The molecule has 0 fully saturated rings. The Balaban J connectivity index is 1.86. The highest BCUT2D eigenvalue weighted by atomic mass is 35.5. The summed E-state index contributed by atoms with van der Waals surface area (Å²) in [5, 5.41) is 10.3. The van der Waals surface area contributed by atoms with Crippen molar-refractivity contribution in [2.75, 3.05) is 13.7 Å². The van der Waals surface area contributed by atoms with Crippen molar-refractivity contribution in [1.82, 2.24) is 15.0 Å². The van der Waals surface area contributed by atoms with E-state index in [0.717, 1.165) is 5.69 Å². The van der Waals surface area contributed by atoms with E-state index >= 15 is 0 Å². The van der Waals surface area contributed by atoms with Gasteiger partial charge >= 0.3 is 0 Å². The lowest BCUT2D eigenvalue weighted by Crippen LogP contribution is -2.06. The fraction of sp³-hybridized carbons (Fsp3) is 0.143. The van der Waals surface area contributed by atoms with Crippen LogP contribution in [0.3, 0.4) is 0 Å². The van der Waals surface area contributed by atoms with Crippen LogP contribution >= 0.6 is 23.2 Å². The molecule has 0 aromatic carbocycles. The maximum Gasteiger partial charge on any atom is 0.257 e. The van der Waals surface area contributed by atoms with Crippen molar-refractivity contribution in [2.24, 2.45) is 0 Å². The Morgan fingerprint density at radius 3 is 2.62 bits per heavy atom. The number of aromatic nitrogens is 3. The number of allylic oxidation sites excluding steroid dienone is 1. The van der Waals surface area contributed by atoms with Crippen molar-refractivity contribution in [2.45, 2.75) is 6.42 Å². The molecule has 6 nitrogen and oxygen atoms in total. The smallest absolute Gasteiger partial charge is 0.257 e. The highest BCUT2D eigenvalue weighted by Gasteiger charge is 2.13. The largest absolute Gasteiger partial charge is 0.491 e. The van der Waals surface area contributed by atoms with Crippen molar-refractivity contribution in [3.8, 4) is 17.7 Å². The van der Waals surface area contributed by atoms with Gasteiger partial charge in [0.05, 0.1) is 35.0 Å². The molecule has 3 heterocycles. The lowest BCUT2D eigenvalue weighted by molar-refractivity contribution is 0.284. The SMILES string of the molecule is COc1ccc(/C(C#N)=C/c2c(Cl)cncc2Cl)nc1OCCc1ccccn1. The maximum absolute atomic E-state index is 9.62. The fourth-order valence-electron chi connectivity index (χ4n) is 2.50. The van der Waals surface area contributed by atoms with Crippen LogP contribution in [0.25, 0.3) is 11.6 Å². The molecule has 3 rings (SSSR count). The summed E-state index contributed by atoms with van der Waals surface area (Å²) in [6.07, 6.45) is 6.83. The molecule has 0 N–H and O–H groups in total. The first-order valence-corrected chi connectivity index (χ1v) is 9.37. The zero-order valence-corrected chi connectivity index (χ0v) is 17.0. The highest BCUT2D eigenvalue weighted by Crippen LogP contribution is 2.30. The van der Waals surface area contributed by atoms with Crippen molar-refractivity contribution < 1.29 is 9.47 Å². The zero-order chi connectivity index (χ0) is 20.6. The third-order valence-corrected chi connectivity index (χ3v) is 4.55. The first-order valence-electron chi connectivity index (χ1n) is 8.61. The molecule has 29 heavy (non-hydrogen) atoms. The van der Waals surface area contributed by atoms with E-state index in [9.17, 15) is 5.26 Å². The standard InChI is InChI=1S/C21H16Cl2N4O2/c1-28-20-6-5-19(14(11-24)10-16-17(22)12-25-13-18(16)23)27-21(20)29-9-7-15-4-2-3-8-26-15/h2-6,8,10,12-13H,7,9H2,1H3/b14-10+. The van der Waals surface area contributed by atoms with E-state index in [1.807, 2.05) is 18.2 Å². The molecule has 0 amide bonds. The van der Waals surface area contributed by atoms with E-state index < -0.39 is 0 Å². The van der Waals surface area contributed by atoms with Crippen LogP contribution < -0.4 is 9.47 Å². The molecule has 0 bridgehead atoms. The molecular formula is C21H16Cl2N4O2. The summed E-state index contributed by atoms with van der Waals surface area (Å²) < 4.78 is 11.1. The van der Waals surface area contributed by atoms with E-state index in [1.165, 1.54) is 19.5 Å². The number of nitrogens with zero attached hydrogens (tertiary/aromatic N) is 4. The van der Waals surface area contributed by atoms with E-state index in [1.54, 1.807) is 24.4 Å². The van der Waals surface area contributed by atoms with Crippen LogP contribution in [0, 0.1) is 11.3 Å². The molecule has 146 valence electrons. The number of ether oxygens (including phenoxy) is 2. The first-order chi connectivity index (χ1) is 14.1. The minimum atomic E-state index is 0.275. The van der Waals surface area contributed by atoms with Gasteiger partial charge in [0.25, 0.3) is 5.88 Å². The molecule has 0 aliphatic rings. The molecule has 0 radical (unpaired) electrons. The second-order valence-electron chi connectivity index (χ2n) is 5.81. The van der Waals surface area contributed by atoms with Crippen LogP contribution in [-0.2, 0) is 6.42 Å². The average molecular weight is 427 g/mol. The number of nitriles is 1. The Labute approximate surface area is 178 Å². The summed E-state index contributed by atoms with van der Waals surface area (Å²) in [7, 11) is 1.53. The van der Waals surface area contributed by atoms with Crippen molar-refractivity contribution in [3.05, 3.63) is 75.9 Å². The second kappa shape index (κ2) is 9.87. The number of methoxy groups -OCH3 is 1. The van der Waals surface area contributed by atoms with Gasteiger partial charge in [0.2, 0.25) is 0 Å². The Bertz CT molecular complexity index is 1050.